The van der Waals surface area contributed by atoms with Gasteiger partial charge in [0.05, 0.1) is 5.69 Å². The van der Waals surface area contributed by atoms with Crippen LogP contribution in [0.1, 0.15) is 38.2 Å². The number of anilines is 1. The molecule has 1 saturated carbocycles. The number of hydrogen-bond acceptors (Lipinski definition) is 3. The van der Waals surface area contributed by atoms with E-state index in [9.17, 15) is 5.11 Å². The SMILES string of the molecule is CCCCN(Cc1ccc(O)c(N)c1)C1CC1. The lowest BCUT2D eigenvalue weighted by atomic mass is 10.1. The third-order valence-corrected chi connectivity index (χ3v) is 3.34. The van der Waals surface area contributed by atoms with Gasteiger partial charge in [0.2, 0.25) is 0 Å². The van der Waals surface area contributed by atoms with Crippen LogP contribution in [-0.2, 0) is 6.54 Å². The van der Waals surface area contributed by atoms with Gasteiger partial charge in [-0.25, -0.2) is 0 Å². The monoisotopic (exact) mass is 234 g/mol. The zero-order chi connectivity index (χ0) is 12.3. The summed E-state index contributed by atoms with van der Waals surface area (Å²) in [4.78, 5) is 2.54. The molecule has 2 rings (SSSR count). The Hall–Kier alpha value is -1.22. The molecule has 0 bridgehead atoms. The van der Waals surface area contributed by atoms with E-state index in [-0.39, 0.29) is 5.75 Å². The second-order valence-corrected chi connectivity index (χ2v) is 4.95. The number of nitrogen functional groups attached to an aromatic ring is 1. The van der Waals surface area contributed by atoms with Crippen LogP contribution in [0.5, 0.6) is 5.75 Å². The summed E-state index contributed by atoms with van der Waals surface area (Å²) in [5.41, 5.74) is 7.40. The van der Waals surface area contributed by atoms with Gasteiger partial charge in [0.1, 0.15) is 5.75 Å². The molecule has 0 saturated heterocycles. The number of rotatable bonds is 6. The van der Waals surface area contributed by atoms with Crippen molar-refractivity contribution in [2.24, 2.45) is 0 Å². The number of benzene rings is 1. The fraction of sp³-hybridized carbons (Fsp3) is 0.571. The van der Waals surface area contributed by atoms with E-state index in [1.54, 1.807) is 6.07 Å². The molecule has 0 aromatic heterocycles. The van der Waals surface area contributed by atoms with Crippen molar-refractivity contribution in [1.82, 2.24) is 4.90 Å². The molecule has 1 fully saturated rings. The minimum atomic E-state index is 0.181. The Bertz CT molecular complexity index is 374. The summed E-state index contributed by atoms with van der Waals surface area (Å²) < 4.78 is 0. The topological polar surface area (TPSA) is 49.5 Å². The van der Waals surface area contributed by atoms with Gasteiger partial charge in [-0.1, -0.05) is 19.4 Å². The zero-order valence-electron chi connectivity index (χ0n) is 10.5. The standard InChI is InChI=1S/C14H22N2O/c1-2-3-8-16(12-5-6-12)10-11-4-7-14(17)13(15)9-11/h4,7,9,12,17H,2-3,5-6,8,10,15H2,1H3. The zero-order valence-corrected chi connectivity index (χ0v) is 10.5. The van der Waals surface area contributed by atoms with Crippen LogP contribution in [0.2, 0.25) is 0 Å². The molecule has 0 radical (unpaired) electrons. The third kappa shape index (κ3) is 3.37. The van der Waals surface area contributed by atoms with Crippen molar-refractivity contribution < 1.29 is 5.11 Å². The van der Waals surface area contributed by atoms with Crippen molar-refractivity contribution in [2.75, 3.05) is 12.3 Å². The minimum Gasteiger partial charge on any atom is -0.506 e. The van der Waals surface area contributed by atoms with Crippen LogP contribution >= 0.6 is 0 Å². The van der Waals surface area contributed by atoms with Gasteiger partial charge in [0, 0.05) is 12.6 Å². The van der Waals surface area contributed by atoms with E-state index in [2.05, 4.69) is 11.8 Å². The van der Waals surface area contributed by atoms with E-state index in [1.165, 1.54) is 37.8 Å². The van der Waals surface area contributed by atoms with Gasteiger partial charge < -0.3 is 10.8 Å². The lowest BCUT2D eigenvalue weighted by molar-refractivity contribution is 0.250. The van der Waals surface area contributed by atoms with Gasteiger partial charge in [-0.3, -0.25) is 4.90 Å². The van der Waals surface area contributed by atoms with Crippen LogP contribution in [0, 0.1) is 0 Å². The quantitative estimate of drug-likeness (QED) is 0.588. The molecule has 94 valence electrons. The molecule has 0 spiro atoms. The fourth-order valence-corrected chi connectivity index (χ4v) is 2.13. The Morgan fingerprint density at radius 2 is 2.18 bits per heavy atom. The van der Waals surface area contributed by atoms with Crippen LogP contribution in [0.4, 0.5) is 5.69 Å². The molecule has 0 aliphatic heterocycles. The number of nitrogens with two attached hydrogens (primary N) is 1. The maximum Gasteiger partial charge on any atom is 0.138 e. The summed E-state index contributed by atoms with van der Waals surface area (Å²) in [5.74, 6) is 0.181. The van der Waals surface area contributed by atoms with Crippen molar-refractivity contribution in [3.05, 3.63) is 23.8 Å². The molecular weight excluding hydrogens is 212 g/mol. The number of unbranched alkanes of at least 4 members (excludes halogenated alkanes) is 1. The molecular formula is C14H22N2O. The summed E-state index contributed by atoms with van der Waals surface area (Å²) in [6.07, 6.45) is 5.15. The average molecular weight is 234 g/mol. The highest BCUT2D eigenvalue weighted by Crippen LogP contribution is 2.29. The molecule has 1 aliphatic carbocycles. The Labute approximate surface area is 103 Å². The highest BCUT2D eigenvalue weighted by Gasteiger charge is 2.28. The first-order valence-electron chi connectivity index (χ1n) is 6.52. The van der Waals surface area contributed by atoms with E-state index in [4.69, 9.17) is 5.73 Å². The summed E-state index contributed by atoms with van der Waals surface area (Å²) >= 11 is 0. The number of aromatic hydroxyl groups is 1. The molecule has 3 nitrogen and oxygen atoms in total. The largest absolute Gasteiger partial charge is 0.506 e. The van der Waals surface area contributed by atoms with Gasteiger partial charge in [0.15, 0.2) is 0 Å². The fourth-order valence-electron chi connectivity index (χ4n) is 2.13. The molecule has 0 atom stereocenters. The molecule has 17 heavy (non-hydrogen) atoms. The van der Waals surface area contributed by atoms with Gasteiger partial charge in [-0.15, -0.1) is 0 Å². The van der Waals surface area contributed by atoms with Crippen LogP contribution in [0.3, 0.4) is 0 Å². The Morgan fingerprint density at radius 1 is 1.41 bits per heavy atom. The summed E-state index contributed by atoms with van der Waals surface area (Å²) in [6, 6.07) is 6.32. The molecule has 0 unspecified atom stereocenters. The lowest BCUT2D eigenvalue weighted by Gasteiger charge is -2.22. The molecule has 0 heterocycles. The number of phenolic OH excluding ortho intramolecular Hbond substituents is 1. The van der Waals surface area contributed by atoms with Gasteiger partial charge in [0.25, 0.3) is 0 Å². The number of phenols is 1. The number of nitrogens with zero attached hydrogens (tertiary/aromatic N) is 1. The molecule has 3 N–H and O–H groups in total. The van der Waals surface area contributed by atoms with E-state index in [1.807, 2.05) is 12.1 Å². The van der Waals surface area contributed by atoms with Gasteiger partial charge in [-0.05, 0) is 43.5 Å². The first-order chi connectivity index (χ1) is 8.20. The van der Waals surface area contributed by atoms with Crippen molar-refractivity contribution in [1.29, 1.82) is 0 Å². The summed E-state index contributed by atoms with van der Waals surface area (Å²) in [6.45, 7) is 4.35. The van der Waals surface area contributed by atoms with Crippen molar-refractivity contribution in [3.63, 3.8) is 0 Å². The van der Waals surface area contributed by atoms with Gasteiger partial charge >= 0.3 is 0 Å². The van der Waals surface area contributed by atoms with E-state index in [0.29, 0.717) is 5.69 Å². The van der Waals surface area contributed by atoms with E-state index in [0.717, 1.165) is 12.6 Å². The summed E-state index contributed by atoms with van der Waals surface area (Å²) in [5, 5.41) is 9.40. The van der Waals surface area contributed by atoms with Crippen molar-refractivity contribution in [3.8, 4) is 5.75 Å². The highest BCUT2D eigenvalue weighted by atomic mass is 16.3. The minimum absolute atomic E-state index is 0.181. The summed E-state index contributed by atoms with van der Waals surface area (Å²) in [7, 11) is 0. The third-order valence-electron chi connectivity index (χ3n) is 3.34. The first-order valence-corrected chi connectivity index (χ1v) is 6.52. The average Bonchev–Trinajstić information content (AvgIpc) is 3.13. The van der Waals surface area contributed by atoms with Gasteiger partial charge in [-0.2, -0.15) is 0 Å². The maximum absolute atomic E-state index is 9.40. The van der Waals surface area contributed by atoms with Crippen LogP contribution < -0.4 is 5.73 Å². The highest BCUT2D eigenvalue weighted by molar-refractivity contribution is 5.53. The van der Waals surface area contributed by atoms with E-state index < -0.39 is 0 Å². The van der Waals surface area contributed by atoms with Crippen LogP contribution in [-0.4, -0.2) is 22.6 Å². The predicted octanol–water partition coefficient (Wildman–Crippen LogP) is 2.74. The van der Waals surface area contributed by atoms with E-state index >= 15 is 0 Å². The molecule has 3 heteroatoms. The molecule has 1 aliphatic rings. The molecule has 1 aromatic carbocycles. The normalized spacial score (nSPS) is 15.4. The maximum atomic E-state index is 9.40. The Balaban J connectivity index is 1.98. The van der Waals surface area contributed by atoms with Crippen LogP contribution in [0.15, 0.2) is 18.2 Å². The molecule has 0 amide bonds. The van der Waals surface area contributed by atoms with Crippen molar-refractivity contribution in [2.45, 2.75) is 45.2 Å². The van der Waals surface area contributed by atoms with Crippen LogP contribution in [0.25, 0.3) is 0 Å². The lowest BCUT2D eigenvalue weighted by Crippen LogP contribution is -2.26. The second kappa shape index (κ2) is 5.41. The Kier molecular flexibility index (Phi) is 3.89. The predicted molar refractivity (Wildman–Crippen MR) is 70.9 cm³/mol. The van der Waals surface area contributed by atoms with Crippen molar-refractivity contribution >= 4 is 5.69 Å². The Morgan fingerprint density at radius 3 is 2.76 bits per heavy atom. The number of hydrogen-bond donors (Lipinski definition) is 2. The first kappa shape index (κ1) is 12.2. The second-order valence-electron chi connectivity index (χ2n) is 4.95. The smallest absolute Gasteiger partial charge is 0.138 e. The molecule has 1 aromatic rings.